The number of furan rings is 1. The van der Waals surface area contributed by atoms with Crippen LogP contribution in [-0.2, 0) is 4.79 Å². The monoisotopic (exact) mass is 356 g/mol. The van der Waals surface area contributed by atoms with E-state index < -0.39 is 17.8 Å². The lowest BCUT2D eigenvalue weighted by Gasteiger charge is -2.31. The number of hydrogen-bond acceptors (Lipinski definition) is 4. The molecule has 2 amide bonds. The second-order valence-corrected chi connectivity index (χ2v) is 6.39. The summed E-state index contributed by atoms with van der Waals surface area (Å²) in [4.78, 5) is 37.7. The molecule has 7 heteroatoms. The summed E-state index contributed by atoms with van der Waals surface area (Å²) in [5.74, 6) is -1.85. The van der Waals surface area contributed by atoms with E-state index in [1.807, 2.05) is 6.92 Å². The zero-order chi connectivity index (χ0) is 18.7. The van der Waals surface area contributed by atoms with Gasteiger partial charge in [-0.15, -0.1) is 0 Å². The lowest BCUT2D eigenvalue weighted by Crippen LogP contribution is -2.42. The molecule has 1 aliphatic heterocycles. The molecule has 1 saturated heterocycles. The molecule has 7 nitrogen and oxygen atoms in total. The smallest absolute Gasteiger partial charge is 0.308 e. The molecule has 2 heterocycles. The molecule has 1 aromatic heterocycles. The van der Waals surface area contributed by atoms with Crippen LogP contribution in [0.15, 0.2) is 41.0 Å². The number of aryl methyl sites for hydroxylation is 1. The van der Waals surface area contributed by atoms with E-state index in [1.54, 1.807) is 35.2 Å². The Labute approximate surface area is 150 Å². The zero-order valence-corrected chi connectivity index (χ0v) is 14.4. The Hall–Kier alpha value is -3.09. The van der Waals surface area contributed by atoms with Gasteiger partial charge in [0.2, 0.25) is 0 Å². The Balaban J connectivity index is 1.77. The highest BCUT2D eigenvalue weighted by molar-refractivity contribution is 6.04. The van der Waals surface area contributed by atoms with Crippen molar-refractivity contribution < 1.29 is 23.9 Å². The van der Waals surface area contributed by atoms with Gasteiger partial charge in [0.25, 0.3) is 11.8 Å². The Morgan fingerprint density at radius 1 is 1.27 bits per heavy atom. The van der Waals surface area contributed by atoms with Gasteiger partial charge in [-0.2, -0.15) is 0 Å². The van der Waals surface area contributed by atoms with E-state index in [9.17, 15) is 19.5 Å². The summed E-state index contributed by atoms with van der Waals surface area (Å²) in [6.07, 6.45) is 2.66. The normalized spacial score (nSPS) is 17.0. The molecule has 1 aromatic carbocycles. The SMILES string of the molecule is Cc1ccc(C(=O)N2CCC[C@H](C(=O)O)C2)cc1NC(=O)c1ccco1. The Morgan fingerprint density at radius 2 is 2.08 bits per heavy atom. The van der Waals surface area contributed by atoms with Crippen LogP contribution in [0.2, 0.25) is 0 Å². The standard InChI is InChI=1S/C19H20N2O5/c1-12-6-7-13(10-15(12)20-17(22)16-5-3-9-26-16)18(23)21-8-2-4-14(11-21)19(24)25/h3,5-7,9-10,14H,2,4,8,11H2,1H3,(H,20,22)(H,24,25)/t14-/m0/s1. The van der Waals surface area contributed by atoms with Crippen LogP contribution in [0.4, 0.5) is 5.69 Å². The maximum absolute atomic E-state index is 12.7. The van der Waals surface area contributed by atoms with Gasteiger partial charge in [-0.05, 0) is 49.6 Å². The zero-order valence-electron chi connectivity index (χ0n) is 14.4. The van der Waals surface area contributed by atoms with Crippen molar-refractivity contribution in [3.8, 4) is 0 Å². The van der Waals surface area contributed by atoms with Crippen LogP contribution in [0.3, 0.4) is 0 Å². The number of likely N-dealkylation sites (tertiary alicyclic amines) is 1. The molecule has 0 aliphatic carbocycles. The Bertz CT molecular complexity index is 828. The summed E-state index contributed by atoms with van der Waals surface area (Å²) >= 11 is 0. The lowest BCUT2D eigenvalue weighted by molar-refractivity contribution is -0.143. The third-order valence-corrected chi connectivity index (χ3v) is 4.54. The third kappa shape index (κ3) is 3.77. The van der Waals surface area contributed by atoms with Crippen LogP contribution in [0.1, 0.15) is 39.3 Å². The van der Waals surface area contributed by atoms with Gasteiger partial charge in [-0.1, -0.05) is 6.07 Å². The number of aliphatic carboxylic acids is 1. The number of carboxylic acids is 1. The van der Waals surface area contributed by atoms with E-state index >= 15 is 0 Å². The van der Waals surface area contributed by atoms with Crippen molar-refractivity contribution in [1.29, 1.82) is 0 Å². The fraction of sp³-hybridized carbons (Fsp3) is 0.316. The van der Waals surface area contributed by atoms with Crippen LogP contribution in [0.25, 0.3) is 0 Å². The minimum atomic E-state index is -0.877. The number of nitrogens with zero attached hydrogens (tertiary/aromatic N) is 1. The molecule has 0 saturated carbocycles. The van der Waals surface area contributed by atoms with Gasteiger partial charge in [-0.25, -0.2) is 0 Å². The molecule has 26 heavy (non-hydrogen) atoms. The van der Waals surface area contributed by atoms with Gasteiger partial charge in [-0.3, -0.25) is 14.4 Å². The van der Waals surface area contributed by atoms with E-state index in [-0.39, 0.29) is 18.2 Å². The molecule has 136 valence electrons. The maximum atomic E-state index is 12.7. The number of anilines is 1. The first kappa shape index (κ1) is 17.7. The van der Waals surface area contributed by atoms with Gasteiger partial charge < -0.3 is 19.7 Å². The second kappa shape index (κ2) is 7.43. The van der Waals surface area contributed by atoms with Gasteiger partial charge >= 0.3 is 5.97 Å². The summed E-state index contributed by atoms with van der Waals surface area (Å²) in [6, 6.07) is 8.23. The molecule has 1 fully saturated rings. The quantitative estimate of drug-likeness (QED) is 0.877. The van der Waals surface area contributed by atoms with Crippen molar-refractivity contribution in [1.82, 2.24) is 4.90 Å². The second-order valence-electron chi connectivity index (χ2n) is 6.39. The molecule has 1 atom stereocenters. The number of carboxylic acid groups (broad SMARTS) is 1. The Morgan fingerprint density at radius 3 is 2.77 bits per heavy atom. The van der Waals surface area contributed by atoms with Crippen molar-refractivity contribution >= 4 is 23.5 Å². The van der Waals surface area contributed by atoms with Gasteiger partial charge in [0, 0.05) is 24.3 Å². The average molecular weight is 356 g/mol. The summed E-state index contributed by atoms with van der Waals surface area (Å²) in [5.41, 5.74) is 1.74. The predicted octanol–water partition coefficient (Wildman–Crippen LogP) is 2.78. The van der Waals surface area contributed by atoms with Crippen LogP contribution in [0.5, 0.6) is 0 Å². The van der Waals surface area contributed by atoms with Gasteiger partial charge in [0.1, 0.15) is 0 Å². The van der Waals surface area contributed by atoms with Gasteiger partial charge in [0.15, 0.2) is 5.76 Å². The fourth-order valence-corrected chi connectivity index (χ4v) is 3.03. The molecule has 2 N–H and O–H groups in total. The van der Waals surface area contributed by atoms with E-state index in [2.05, 4.69) is 5.32 Å². The molecule has 0 unspecified atom stereocenters. The minimum absolute atomic E-state index is 0.182. The first-order valence-corrected chi connectivity index (χ1v) is 8.43. The minimum Gasteiger partial charge on any atom is -0.481 e. The summed E-state index contributed by atoms with van der Waals surface area (Å²) < 4.78 is 5.07. The fourth-order valence-electron chi connectivity index (χ4n) is 3.03. The number of nitrogens with one attached hydrogen (secondary N) is 1. The summed E-state index contributed by atoms with van der Waals surface area (Å²) in [7, 11) is 0. The molecule has 0 spiro atoms. The molecule has 3 rings (SSSR count). The molecular formula is C19H20N2O5. The average Bonchev–Trinajstić information content (AvgIpc) is 3.18. The van der Waals surface area contributed by atoms with E-state index in [4.69, 9.17) is 4.42 Å². The topological polar surface area (TPSA) is 99.9 Å². The van der Waals surface area contributed by atoms with Crippen LogP contribution in [0, 0.1) is 12.8 Å². The van der Waals surface area contributed by atoms with Gasteiger partial charge in [0.05, 0.1) is 12.2 Å². The highest BCUT2D eigenvalue weighted by Gasteiger charge is 2.28. The van der Waals surface area contributed by atoms with Crippen molar-refractivity contribution in [3.05, 3.63) is 53.5 Å². The molecule has 1 aliphatic rings. The van der Waals surface area contributed by atoms with Crippen LogP contribution >= 0.6 is 0 Å². The number of hydrogen-bond donors (Lipinski definition) is 2. The van der Waals surface area contributed by atoms with Crippen molar-refractivity contribution in [2.45, 2.75) is 19.8 Å². The van der Waals surface area contributed by atoms with E-state index in [0.29, 0.717) is 30.6 Å². The highest BCUT2D eigenvalue weighted by atomic mass is 16.4. The number of carbonyl (C=O) groups is 3. The highest BCUT2D eigenvalue weighted by Crippen LogP contribution is 2.22. The number of amides is 2. The Kier molecular flexibility index (Phi) is 5.06. The maximum Gasteiger partial charge on any atom is 0.308 e. The molecule has 2 aromatic rings. The van der Waals surface area contributed by atoms with Crippen LogP contribution in [-0.4, -0.2) is 40.9 Å². The number of carbonyl (C=O) groups excluding carboxylic acids is 2. The first-order chi connectivity index (χ1) is 12.5. The summed E-state index contributed by atoms with van der Waals surface area (Å²) in [5, 5.41) is 11.9. The lowest BCUT2D eigenvalue weighted by atomic mass is 9.97. The summed E-state index contributed by atoms with van der Waals surface area (Å²) in [6.45, 7) is 2.56. The third-order valence-electron chi connectivity index (χ3n) is 4.54. The number of piperidine rings is 1. The molecule has 0 radical (unpaired) electrons. The number of benzene rings is 1. The van der Waals surface area contributed by atoms with Crippen molar-refractivity contribution in [3.63, 3.8) is 0 Å². The van der Waals surface area contributed by atoms with Crippen LogP contribution < -0.4 is 5.32 Å². The molecular weight excluding hydrogens is 336 g/mol. The largest absolute Gasteiger partial charge is 0.481 e. The predicted molar refractivity (Wildman–Crippen MR) is 94.1 cm³/mol. The molecule has 0 bridgehead atoms. The van der Waals surface area contributed by atoms with Crippen molar-refractivity contribution in [2.75, 3.05) is 18.4 Å². The first-order valence-electron chi connectivity index (χ1n) is 8.43. The van der Waals surface area contributed by atoms with Crippen molar-refractivity contribution in [2.24, 2.45) is 5.92 Å². The number of rotatable bonds is 4. The van der Waals surface area contributed by atoms with E-state index in [1.165, 1.54) is 6.26 Å². The van der Waals surface area contributed by atoms with E-state index in [0.717, 1.165) is 5.56 Å².